The highest BCUT2D eigenvalue weighted by Gasteiger charge is 2.19. The predicted octanol–water partition coefficient (Wildman–Crippen LogP) is 2.92. The zero-order valence-corrected chi connectivity index (χ0v) is 11.2. The number of rotatable bonds is 3. The van der Waals surface area contributed by atoms with Gasteiger partial charge in [-0.25, -0.2) is 8.78 Å². The third-order valence-electron chi connectivity index (χ3n) is 2.72. The minimum atomic E-state index is -0.703. The van der Waals surface area contributed by atoms with E-state index in [1.165, 1.54) is 0 Å². The van der Waals surface area contributed by atoms with Gasteiger partial charge in [-0.1, -0.05) is 11.6 Å². The molecule has 0 aliphatic rings. The van der Waals surface area contributed by atoms with Crippen molar-refractivity contribution in [2.24, 2.45) is 5.73 Å². The molecule has 1 heterocycles. The molecule has 0 radical (unpaired) electrons. The van der Waals surface area contributed by atoms with Crippen LogP contribution in [0.2, 0.25) is 5.02 Å². The highest BCUT2D eigenvalue weighted by molar-refractivity contribution is 6.30. The van der Waals surface area contributed by atoms with Crippen molar-refractivity contribution in [1.82, 2.24) is 14.8 Å². The lowest BCUT2D eigenvalue weighted by molar-refractivity contribution is 0.566. The largest absolute Gasteiger partial charge is 0.324 e. The molecule has 0 aliphatic carbocycles. The normalized spacial score (nSPS) is 11.3. The Kier molecular flexibility index (Phi) is 3.82. The molecule has 0 spiro atoms. The first-order chi connectivity index (χ1) is 8.95. The molecule has 7 heteroatoms. The van der Waals surface area contributed by atoms with Crippen LogP contribution in [0.15, 0.2) is 12.1 Å². The van der Waals surface area contributed by atoms with E-state index in [1.54, 1.807) is 4.57 Å². The zero-order chi connectivity index (χ0) is 14.2. The van der Waals surface area contributed by atoms with Gasteiger partial charge in [0.1, 0.15) is 17.5 Å². The van der Waals surface area contributed by atoms with Crippen LogP contribution in [-0.4, -0.2) is 14.8 Å². The van der Waals surface area contributed by atoms with E-state index >= 15 is 0 Å². The Labute approximate surface area is 114 Å². The van der Waals surface area contributed by atoms with Crippen LogP contribution in [-0.2, 0) is 6.54 Å². The first-order valence-electron chi connectivity index (χ1n) is 5.74. The molecule has 0 amide bonds. The summed E-state index contributed by atoms with van der Waals surface area (Å²) in [5.74, 6) is -0.599. The molecule has 0 unspecified atom stereocenters. The minimum absolute atomic E-state index is 0.0165. The van der Waals surface area contributed by atoms with E-state index in [0.717, 1.165) is 12.1 Å². The van der Waals surface area contributed by atoms with Gasteiger partial charge >= 0.3 is 0 Å². The molecule has 1 aromatic carbocycles. The van der Waals surface area contributed by atoms with Crippen molar-refractivity contribution in [3.8, 4) is 11.4 Å². The van der Waals surface area contributed by atoms with Crippen molar-refractivity contribution < 1.29 is 8.78 Å². The van der Waals surface area contributed by atoms with Crippen molar-refractivity contribution >= 4 is 11.6 Å². The number of nitrogens with two attached hydrogens (primary N) is 1. The lowest BCUT2D eigenvalue weighted by Gasteiger charge is -2.13. The molecule has 2 N–H and O–H groups in total. The first-order valence-corrected chi connectivity index (χ1v) is 6.12. The molecule has 0 saturated heterocycles. The van der Waals surface area contributed by atoms with Gasteiger partial charge in [0, 0.05) is 6.04 Å². The van der Waals surface area contributed by atoms with Crippen LogP contribution >= 0.6 is 11.6 Å². The van der Waals surface area contributed by atoms with Crippen molar-refractivity contribution in [2.45, 2.75) is 26.4 Å². The standard InChI is InChI=1S/C12H13ClF2N4/c1-6(2)19-11(5-16)17-18-12(19)7-3-10(15)8(13)4-9(7)14/h3-4,6H,5,16H2,1-2H3. The molecule has 0 fully saturated rings. The highest BCUT2D eigenvalue weighted by atomic mass is 35.5. The van der Waals surface area contributed by atoms with Crippen LogP contribution in [0, 0.1) is 11.6 Å². The van der Waals surface area contributed by atoms with Crippen molar-refractivity contribution in [2.75, 3.05) is 0 Å². The zero-order valence-electron chi connectivity index (χ0n) is 10.5. The highest BCUT2D eigenvalue weighted by Crippen LogP contribution is 2.28. The number of nitrogens with zero attached hydrogens (tertiary/aromatic N) is 3. The van der Waals surface area contributed by atoms with Crippen LogP contribution in [0.3, 0.4) is 0 Å². The summed E-state index contributed by atoms with van der Waals surface area (Å²) in [6.07, 6.45) is 0. The number of benzene rings is 1. The summed E-state index contributed by atoms with van der Waals surface area (Å²) in [6, 6.07) is 1.91. The van der Waals surface area contributed by atoms with Gasteiger partial charge < -0.3 is 10.3 Å². The smallest absolute Gasteiger partial charge is 0.167 e. The monoisotopic (exact) mass is 286 g/mol. The van der Waals surface area contributed by atoms with Crippen LogP contribution in [0.4, 0.5) is 8.78 Å². The summed E-state index contributed by atoms with van der Waals surface area (Å²) in [5, 5.41) is 7.52. The first kappa shape index (κ1) is 13.9. The van der Waals surface area contributed by atoms with E-state index in [4.69, 9.17) is 17.3 Å². The third-order valence-corrected chi connectivity index (χ3v) is 3.01. The minimum Gasteiger partial charge on any atom is -0.324 e. The molecule has 1 aromatic heterocycles. The molecule has 0 aliphatic heterocycles. The molecule has 4 nitrogen and oxygen atoms in total. The summed E-state index contributed by atoms with van der Waals surface area (Å²) in [6.45, 7) is 3.94. The molecule has 2 rings (SSSR count). The average molecular weight is 287 g/mol. The lowest BCUT2D eigenvalue weighted by Crippen LogP contribution is -2.12. The maximum atomic E-state index is 13.9. The van der Waals surface area contributed by atoms with Crippen LogP contribution in [0.25, 0.3) is 11.4 Å². The predicted molar refractivity (Wildman–Crippen MR) is 68.7 cm³/mol. The third kappa shape index (κ3) is 2.46. The van der Waals surface area contributed by atoms with Crippen molar-refractivity contribution in [1.29, 1.82) is 0 Å². The Balaban J connectivity index is 2.65. The van der Waals surface area contributed by atoms with Gasteiger partial charge in [0.25, 0.3) is 0 Å². The van der Waals surface area contributed by atoms with Crippen LogP contribution < -0.4 is 5.73 Å². The van der Waals surface area contributed by atoms with Crippen LogP contribution in [0.1, 0.15) is 25.7 Å². The summed E-state index contributed by atoms with van der Waals surface area (Å²) >= 11 is 5.53. The van der Waals surface area contributed by atoms with E-state index in [9.17, 15) is 8.78 Å². The van der Waals surface area contributed by atoms with E-state index in [2.05, 4.69) is 10.2 Å². The molecular weight excluding hydrogens is 274 g/mol. The number of hydrogen-bond donors (Lipinski definition) is 1. The second-order valence-corrected chi connectivity index (χ2v) is 4.76. The van der Waals surface area contributed by atoms with Gasteiger partial charge in [0.2, 0.25) is 0 Å². The maximum absolute atomic E-state index is 13.9. The quantitative estimate of drug-likeness (QED) is 0.883. The second kappa shape index (κ2) is 5.22. The Morgan fingerprint density at radius 1 is 1.26 bits per heavy atom. The van der Waals surface area contributed by atoms with Crippen molar-refractivity contribution in [3.63, 3.8) is 0 Å². The Hall–Kier alpha value is -1.53. The lowest BCUT2D eigenvalue weighted by atomic mass is 10.2. The van der Waals surface area contributed by atoms with Gasteiger partial charge in [-0.2, -0.15) is 0 Å². The molecule has 102 valence electrons. The molecule has 0 atom stereocenters. The van der Waals surface area contributed by atoms with Gasteiger partial charge in [-0.15, -0.1) is 10.2 Å². The molecule has 0 bridgehead atoms. The van der Waals surface area contributed by atoms with Gasteiger partial charge in [0.15, 0.2) is 5.82 Å². The summed E-state index contributed by atoms with van der Waals surface area (Å²) < 4.78 is 29.1. The molecule has 0 saturated carbocycles. The maximum Gasteiger partial charge on any atom is 0.167 e. The second-order valence-electron chi connectivity index (χ2n) is 4.35. The Morgan fingerprint density at radius 2 is 1.95 bits per heavy atom. The van der Waals surface area contributed by atoms with Crippen molar-refractivity contribution in [3.05, 3.63) is 34.6 Å². The Morgan fingerprint density at radius 3 is 2.53 bits per heavy atom. The number of hydrogen-bond acceptors (Lipinski definition) is 3. The molecular formula is C12H13ClF2N4. The van der Waals surface area contributed by atoms with E-state index < -0.39 is 11.6 Å². The van der Waals surface area contributed by atoms with Gasteiger partial charge in [-0.05, 0) is 26.0 Å². The fourth-order valence-electron chi connectivity index (χ4n) is 1.88. The number of aromatic nitrogens is 3. The van der Waals surface area contributed by atoms with Crippen LogP contribution in [0.5, 0.6) is 0 Å². The topological polar surface area (TPSA) is 56.7 Å². The molecule has 2 aromatic rings. The SMILES string of the molecule is CC(C)n1c(CN)nnc1-c1cc(F)c(Cl)cc1F. The van der Waals surface area contributed by atoms with Gasteiger partial charge in [-0.3, -0.25) is 0 Å². The van der Waals surface area contributed by atoms with E-state index in [0.29, 0.717) is 5.82 Å². The fourth-order valence-corrected chi connectivity index (χ4v) is 2.03. The fraction of sp³-hybridized carbons (Fsp3) is 0.333. The summed E-state index contributed by atoms with van der Waals surface area (Å²) in [7, 11) is 0. The summed E-state index contributed by atoms with van der Waals surface area (Å²) in [4.78, 5) is 0. The average Bonchev–Trinajstić information content (AvgIpc) is 2.77. The number of halogens is 3. The van der Waals surface area contributed by atoms with Gasteiger partial charge in [0.05, 0.1) is 17.1 Å². The molecule has 19 heavy (non-hydrogen) atoms. The van der Waals surface area contributed by atoms with E-state index in [1.807, 2.05) is 13.8 Å². The Bertz CT molecular complexity index is 610. The summed E-state index contributed by atoms with van der Waals surface area (Å²) in [5.41, 5.74) is 5.58. The van der Waals surface area contributed by atoms with E-state index in [-0.39, 0.29) is 29.0 Å².